The first-order valence-electron chi connectivity index (χ1n) is 6.61. The van der Waals surface area contributed by atoms with Crippen molar-refractivity contribution in [2.45, 2.75) is 24.2 Å². The van der Waals surface area contributed by atoms with Gasteiger partial charge in [-0.05, 0) is 43.5 Å². The van der Waals surface area contributed by atoms with Gasteiger partial charge >= 0.3 is 5.97 Å². The molecule has 0 aromatic heterocycles. The summed E-state index contributed by atoms with van der Waals surface area (Å²) >= 11 is 0. The summed E-state index contributed by atoms with van der Waals surface area (Å²) in [4.78, 5) is 23.1. The Morgan fingerprint density at radius 2 is 1.71 bits per heavy atom. The third-order valence-electron chi connectivity index (χ3n) is 3.70. The molecule has 1 aliphatic carbocycles. The fourth-order valence-corrected chi connectivity index (χ4v) is 3.10. The molecule has 2 atom stereocenters. The molecule has 1 aliphatic rings. The van der Waals surface area contributed by atoms with E-state index in [1.165, 1.54) is 24.3 Å². The van der Waals surface area contributed by atoms with Crippen molar-refractivity contribution in [3.8, 4) is 0 Å². The van der Waals surface area contributed by atoms with Crippen LogP contribution in [0.2, 0.25) is 0 Å². The Bertz CT molecular complexity index is 650. The summed E-state index contributed by atoms with van der Waals surface area (Å²) in [6.07, 6.45) is 2.54. The number of benzene rings is 1. The van der Waals surface area contributed by atoms with Crippen LogP contribution < -0.4 is 5.32 Å². The Hall–Kier alpha value is -1.89. The van der Waals surface area contributed by atoms with E-state index in [1.54, 1.807) is 0 Å². The number of anilines is 1. The molecule has 0 aliphatic heterocycles. The van der Waals surface area contributed by atoms with Gasteiger partial charge in [0.1, 0.15) is 0 Å². The number of nitrogens with one attached hydrogen (secondary N) is 1. The predicted molar refractivity (Wildman–Crippen MR) is 76.6 cm³/mol. The van der Waals surface area contributed by atoms with E-state index in [0.717, 1.165) is 6.26 Å². The number of carbonyl (C=O) groups excluding carboxylic acids is 1. The van der Waals surface area contributed by atoms with Crippen molar-refractivity contribution in [3.63, 3.8) is 0 Å². The number of hydrogen-bond acceptors (Lipinski definition) is 4. The zero-order chi connectivity index (χ0) is 15.6. The van der Waals surface area contributed by atoms with Crippen LogP contribution in [0.25, 0.3) is 0 Å². The molecule has 114 valence electrons. The minimum absolute atomic E-state index is 0.187. The van der Waals surface area contributed by atoms with Gasteiger partial charge in [0.05, 0.1) is 10.8 Å². The van der Waals surface area contributed by atoms with Gasteiger partial charge in [-0.25, -0.2) is 8.42 Å². The third kappa shape index (κ3) is 3.81. The van der Waals surface area contributed by atoms with Gasteiger partial charge in [-0.3, -0.25) is 9.59 Å². The molecule has 21 heavy (non-hydrogen) atoms. The number of carboxylic acid groups (broad SMARTS) is 1. The summed E-state index contributed by atoms with van der Waals surface area (Å²) in [5.41, 5.74) is 0.506. The number of carboxylic acids is 1. The fourth-order valence-electron chi connectivity index (χ4n) is 2.47. The van der Waals surface area contributed by atoms with Gasteiger partial charge in [-0.15, -0.1) is 0 Å². The summed E-state index contributed by atoms with van der Waals surface area (Å²) in [5, 5.41) is 11.6. The van der Waals surface area contributed by atoms with Crippen molar-refractivity contribution >= 4 is 27.4 Å². The van der Waals surface area contributed by atoms with E-state index in [0.29, 0.717) is 24.9 Å². The molecule has 0 spiro atoms. The highest BCUT2D eigenvalue weighted by atomic mass is 32.2. The average molecular weight is 311 g/mol. The normalized spacial score (nSPS) is 22.0. The van der Waals surface area contributed by atoms with E-state index in [9.17, 15) is 18.0 Å². The lowest BCUT2D eigenvalue weighted by Gasteiger charge is -2.11. The quantitative estimate of drug-likeness (QED) is 0.878. The van der Waals surface area contributed by atoms with Crippen LogP contribution in [-0.2, 0) is 19.4 Å². The largest absolute Gasteiger partial charge is 0.481 e. The molecule has 1 aromatic rings. The highest BCUT2D eigenvalue weighted by molar-refractivity contribution is 7.90. The highest BCUT2D eigenvalue weighted by Gasteiger charge is 2.33. The molecule has 1 amide bonds. The van der Waals surface area contributed by atoms with Gasteiger partial charge in [0.25, 0.3) is 0 Å². The van der Waals surface area contributed by atoms with Crippen LogP contribution in [-0.4, -0.2) is 31.7 Å². The minimum atomic E-state index is -3.26. The van der Waals surface area contributed by atoms with E-state index in [-0.39, 0.29) is 16.7 Å². The lowest BCUT2D eigenvalue weighted by molar-refractivity contribution is -0.141. The highest BCUT2D eigenvalue weighted by Crippen LogP contribution is 2.31. The Morgan fingerprint density at radius 3 is 2.19 bits per heavy atom. The van der Waals surface area contributed by atoms with Crippen molar-refractivity contribution in [2.75, 3.05) is 11.6 Å². The number of amides is 1. The summed E-state index contributed by atoms with van der Waals surface area (Å²) < 4.78 is 22.7. The zero-order valence-electron chi connectivity index (χ0n) is 11.6. The average Bonchev–Trinajstić information content (AvgIpc) is 2.88. The molecule has 0 heterocycles. The van der Waals surface area contributed by atoms with Crippen LogP contribution in [0.3, 0.4) is 0 Å². The minimum Gasteiger partial charge on any atom is -0.481 e. The number of aliphatic carboxylic acids is 1. The topological polar surface area (TPSA) is 101 Å². The van der Waals surface area contributed by atoms with E-state index in [1.807, 2.05) is 0 Å². The molecular weight excluding hydrogens is 294 g/mol. The fraction of sp³-hybridized carbons (Fsp3) is 0.429. The van der Waals surface area contributed by atoms with E-state index in [2.05, 4.69) is 5.32 Å². The maximum absolute atomic E-state index is 12.0. The molecular formula is C14H17NO5S. The number of carbonyl (C=O) groups is 2. The van der Waals surface area contributed by atoms with E-state index >= 15 is 0 Å². The van der Waals surface area contributed by atoms with Crippen LogP contribution in [0.1, 0.15) is 19.3 Å². The van der Waals surface area contributed by atoms with E-state index < -0.39 is 21.7 Å². The monoisotopic (exact) mass is 311 g/mol. The maximum atomic E-state index is 12.0. The molecule has 2 N–H and O–H groups in total. The Balaban J connectivity index is 1.99. The first-order chi connectivity index (χ1) is 9.77. The standard InChI is InChI=1S/C14H17NO5S/c1-21(19,20)12-6-4-11(5-7-12)15-13(16)9-2-3-10(8-9)14(17)18/h4-7,9-10H,2-3,8H2,1H3,(H,15,16)(H,17,18)/t9-,10+/m1/s1. The van der Waals surface area contributed by atoms with Gasteiger partial charge in [0.15, 0.2) is 9.84 Å². The first kappa shape index (κ1) is 15.5. The van der Waals surface area contributed by atoms with Gasteiger partial charge in [-0.2, -0.15) is 0 Å². The summed E-state index contributed by atoms with van der Waals surface area (Å²) in [6, 6.07) is 5.91. The number of hydrogen-bond donors (Lipinski definition) is 2. The van der Waals surface area contributed by atoms with Crippen LogP contribution in [0.4, 0.5) is 5.69 Å². The Morgan fingerprint density at radius 1 is 1.14 bits per heavy atom. The molecule has 0 bridgehead atoms. The van der Waals surface area contributed by atoms with Gasteiger partial charge < -0.3 is 10.4 Å². The first-order valence-corrected chi connectivity index (χ1v) is 8.50. The van der Waals surface area contributed by atoms with Gasteiger partial charge in [-0.1, -0.05) is 0 Å². The lowest BCUT2D eigenvalue weighted by atomic mass is 10.0. The zero-order valence-corrected chi connectivity index (χ0v) is 12.4. The SMILES string of the molecule is CS(=O)(=O)c1ccc(NC(=O)[C@@H]2CC[C@H](C(=O)O)C2)cc1. The molecule has 6 nitrogen and oxygen atoms in total. The molecule has 7 heteroatoms. The molecule has 0 saturated heterocycles. The molecule has 0 radical (unpaired) electrons. The van der Waals surface area contributed by atoms with Crippen molar-refractivity contribution in [1.29, 1.82) is 0 Å². The van der Waals surface area contributed by atoms with Crippen LogP contribution >= 0.6 is 0 Å². The predicted octanol–water partition coefficient (Wildman–Crippen LogP) is 1.53. The molecule has 2 rings (SSSR count). The van der Waals surface area contributed by atoms with Crippen molar-refractivity contribution in [1.82, 2.24) is 0 Å². The van der Waals surface area contributed by atoms with E-state index in [4.69, 9.17) is 5.11 Å². The lowest BCUT2D eigenvalue weighted by Crippen LogP contribution is -2.21. The Labute approximate surface area is 123 Å². The molecule has 1 saturated carbocycles. The molecule has 0 unspecified atom stereocenters. The Kier molecular flexibility index (Phi) is 4.32. The summed E-state index contributed by atoms with van der Waals surface area (Å²) in [7, 11) is -3.26. The summed E-state index contributed by atoms with van der Waals surface area (Å²) in [5.74, 6) is -1.83. The second-order valence-electron chi connectivity index (χ2n) is 5.33. The second kappa shape index (κ2) is 5.85. The molecule has 1 fully saturated rings. The van der Waals surface area contributed by atoms with Crippen LogP contribution in [0, 0.1) is 11.8 Å². The third-order valence-corrected chi connectivity index (χ3v) is 4.83. The van der Waals surface area contributed by atoms with Crippen LogP contribution in [0.5, 0.6) is 0 Å². The van der Waals surface area contributed by atoms with Crippen LogP contribution in [0.15, 0.2) is 29.2 Å². The number of sulfone groups is 1. The number of rotatable bonds is 4. The second-order valence-corrected chi connectivity index (χ2v) is 7.35. The van der Waals surface area contributed by atoms with Gasteiger partial charge in [0.2, 0.25) is 5.91 Å². The van der Waals surface area contributed by atoms with Crippen molar-refractivity contribution in [2.24, 2.45) is 11.8 Å². The van der Waals surface area contributed by atoms with Gasteiger partial charge in [0, 0.05) is 17.9 Å². The summed E-state index contributed by atoms with van der Waals surface area (Å²) in [6.45, 7) is 0. The maximum Gasteiger partial charge on any atom is 0.306 e. The molecule has 1 aromatic carbocycles. The van der Waals surface area contributed by atoms with Crippen molar-refractivity contribution in [3.05, 3.63) is 24.3 Å². The smallest absolute Gasteiger partial charge is 0.306 e. The van der Waals surface area contributed by atoms with Crippen molar-refractivity contribution < 1.29 is 23.1 Å².